The van der Waals surface area contributed by atoms with Crippen molar-refractivity contribution in [2.75, 3.05) is 30.3 Å². The molecule has 0 radical (unpaired) electrons. The zero-order chi connectivity index (χ0) is 25.3. The third-order valence-corrected chi connectivity index (χ3v) is 8.52. The van der Waals surface area contributed by atoms with E-state index in [1.54, 1.807) is 42.1 Å². The summed E-state index contributed by atoms with van der Waals surface area (Å²) >= 11 is 14.0. The number of benzene rings is 3. The first kappa shape index (κ1) is 27.2. The molecule has 0 heterocycles. The van der Waals surface area contributed by atoms with Gasteiger partial charge in [0.1, 0.15) is 12.3 Å². The highest BCUT2D eigenvalue weighted by molar-refractivity contribution is 7.98. The van der Waals surface area contributed by atoms with Crippen molar-refractivity contribution in [1.29, 1.82) is 0 Å². The minimum atomic E-state index is -4.02. The average Bonchev–Trinajstić information content (AvgIpc) is 2.85. The zero-order valence-electron chi connectivity index (χ0n) is 19.1. The Hall–Kier alpha value is -2.39. The van der Waals surface area contributed by atoms with E-state index in [0.717, 1.165) is 32.8 Å². The number of hydrogen-bond donors (Lipinski definition) is 1. The first-order valence-electron chi connectivity index (χ1n) is 10.8. The molecule has 186 valence electrons. The molecule has 1 N–H and O–H groups in total. The molecule has 3 aromatic carbocycles. The molecule has 3 rings (SSSR count). The van der Waals surface area contributed by atoms with E-state index in [0.29, 0.717) is 23.0 Å². The number of halogens is 2. The van der Waals surface area contributed by atoms with Crippen LogP contribution in [-0.2, 0) is 20.6 Å². The van der Waals surface area contributed by atoms with Gasteiger partial charge in [-0.25, -0.2) is 8.42 Å². The molecule has 6 nitrogen and oxygen atoms in total. The number of thioether (sulfide) groups is 1. The molecule has 0 aliphatic carbocycles. The molecular weight excluding hydrogens is 527 g/mol. The number of rotatable bonds is 12. The molecule has 0 spiro atoms. The van der Waals surface area contributed by atoms with Crippen LogP contribution in [0.4, 0.5) is 5.69 Å². The van der Waals surface area contributed by atoms with E-state index >= 15 is 0 Å². The SMILES string of the molecule is COc1ccc(S(=O)(=O)N(CC(=O)NCCCSCc2ccccc2Cl)c2cccc(Cl)c2)cc1. The quantitative estimate of drug-likeness (QED) is 0.294. The van der Waals surface area contributed by atoms with Crippen LogP contribution in [0, 0.1) is 0 Å². The van der Waals surface area contributed by atoms with Gasteiger partial charge in [0.25, 0.3) is 10.0 Å². The summed E-state index contributed by atoms with van der Waals surface area (Å²) in [6, 6.07) is 20.1. The average molecular weight is 554 g/mol. The van der Waals surface area contributed by atoms with Gasteiger partial charge < -0.3 is 10.1 Å². The zero-order valence-corrected chi connectivity index (χ0v) is 22.3. The molecule has 0 atom stereocenters. The second kappa shape index (κ2) is 13.1. The standard InChI is InChI=1S/C25H26Cl2N2O4S2/c1-33-22-10-12-23(13-11-22)35(31,32)29(21-8-4-7-20(26)16-21)17-25(30)28-14-5-15-34-18-19-6-2-3-9-24(19)27/h2-4,6-13,16H,5,14-15,17-18H2,1H3,(H,28,30). The van der Waals surface area contributed by atoms with Crippen LogP contribution >= 0.6 is 35.0 Å². The summed E-state index contributed by atoms with van der Waals surface area (Å²) in [5.41, 5.74) is 1.38. The van der Waals surface area contributed by atoms with Crippen LogP contribution in [-0.4, -0.2) is 40.3 Å². The van der Waals surface area contributed by atoms with Crippen molar-refractivity contribution in [2.24, 2.45) is 0 Å². The normalized spacial score (nSPS) is 11.2. The van der Waals surface area contributed by atoms with Crippen molar-refractivity contribution < 1.29 is 17.9 Å². The van der Waals surface area contributed by atoms with Crippen molar-refractivity contribution in [3.05, 3.63) is 88.4 Å². The first-order chi connectivity index (χ1) is 16.8. The maximum absolute atomic E-state index is 13.4. The van der Waals surface area contributed by atoms with Crippen molar-refractivity contribution in [3.8, 4) is 5.75 Å². The smallest absolute Gasteiger partial charge is 0.264 e. The number of nitrogens with zero attached hydrogens (tertiary/aromatic N) is 1. The molecule has 1 amide bonds. The summed E-state index contributed by atoms with van der Waals surface area (Å²) in [7, 11) is -2.52. The van der Waals surface area contributed by atoms with Crippen molar-refractivity contribution >= 4 is 56.6 Å². The molecule has 0 fully saturated rings. The van der Waals surface area contributed by atoms with E-state index in [4.69, 9.17) is 27.9 Å². The van der Waals surface area contributed by atoms with Gasteiger partial charge in [-0.2, -0.15) is 11.8 Å². The summed E-state index contributed by atoms with van der Waals surface area (Å²) < 4.78 is 33.0. The lowest BCUT2D eigenvalue weighted by atomic mass is 10.2. The molecule has 0 aromatic heterocycles. The van der Waals surface area contributed by atoms with Gasteiger partial charge in [0.2, 0.25) is 5.91 Å². The molecule has 0 saturated heterocycles. The van der Waals surface area contributed by atoms with Gasteiger partial charge in [-0.3, -0.25) is 9.10 Å². The Morgan fingerprint density at radius 1 is 1.03 bits per heavy atom. The number of sulfonamides is 1. The summed E-state index contributed by atoms with van der Waals surface area (Å²) in [4.78, 5) is 12.7. The second-order valence-corrected chi connectivity index (χ2v) is 11.3. The first-order valence-corrected chi connectivity index (χ1v) is 14.2. The lowest BCUT2D eigenvalue weighted by Gasteiger charge is -2.24. The fraction of sp³-hybridized carbons (Fsp3) is 0.240. The number of ether oxygens (including phenoxy) is 1. The minimum Gasteiger partial charge on any atom is -0.497 e. The highest BCUT2D eigenvalue weighted by atomic mass is 35.5. The largest absolute Gasteiger partial charge is 0.497 e. The van der Waals surface area contributed by atoms with Gasteiger partial charge in [-0.15, -0.1) is 0 Å². The Morgan fingerprint density at radius 3 is 2.46 bits per heavy atom. The van der Waals surface area contributed by atoms with Gasteiger partial charge in [-0.05, 0) is 66.3 Å². The molecule has 35 heavy (non-hydrogen) atoms. The van der Waals surface area contributed by atoms with E-state index in [9.17, 15) is 13.2 Å². The van der Waals surface area contributed by atoms with E-state index in [1.807, 2.05) is 24.3 Å². The van der Waals surface area contributed by atoms with Crippen molar-refractivity contribution in [3.63, 3.8) is 0 Å². The molecule has 3 aromatic rings. The Balaban J connectivity index is 1.61. The van der Waals surface area contributed by atoms with E-state index in [2.05, 4.69) is 5.32 Å². The molecule has 10 heteroatoms. The van der Waals surface area contributed by atoms with Crippen molar-refractivity contribution in [1.82, 2.24) is 5.32 Å². The Morgan fingerprint density at radius 2 is 1.77 bits per heavy atom. The number of hydrogen-bond acceptors (Lipinski definition) is 5. The molecule has 0 bridgehead atoms. The highest BCUT2D eigenvalue weighted by Gasteiger charge is 2.27. The number of carbonyl (C=O) groups is 1. The van der Waals surface area contributed by atoms with Crippen molar-refractivity contribution in [2.45, 2.75) is 17.1 Å². The molecule has 0 aliphatic heterocycles. The van der Waals surface area contributed by atoms with Crippen LogP contribution in [0.1, 0.15) is 12.0 Å². The fourth-order valence-corrected chi connectivity index (χ4v) is 6.05. The van der Waals surface area contributed by atoms with Gasteiger partial charge in [0.05, 0.1) is 17.7 Å². The Labute approximate surface area is 220 Å². The van der Waals surface area contributed by atoms with Crippen LogP contribution in [0.15, 0.2) is 77.7 Å². The number of amides is 1. The maximum Gasteiger partial charge on any atom is 0.264 e. The summed E-state index contributed by atoms with van der Waals surface area (Å²) in [6.07, 6.45) is 0.739. The van der Waals surface area contributed by atoms with Gasteiger partial charge in [0.15, 0.2) is 0 Å². The van der Waals surface area contributed by atoms with E-state index in [1.165, 1.54) is 25.3 Å². The number of carbonyl (C=O) groups excluding carboxylic acids is 1. The third kappa shape index (κ3) is 7.80. The maximum atomic E-state index is 13.4. The fourth-order valence-electron chi connectivity index (χ4n) is 3.21. The Kier molecular flexibility index (Phi) is 10.2. The van der Waals surface area contributed by atoms with Gasteiger partial charge >= 0.3 is 0 Å². The lowest BCUT2D eigenvalue weighted by molar-refractivity contribution is -0.119. The van der Waals surface area contributed by atoms with E-state index in [-0.39, 0.29) is 11.4 Å². The second-order valence-electron chi connectivity index (χ2n) is 7.51. The summed E-state index contributed by atoms with van der Waals surface area (Å²) in [5, 5.41) is 3.92. The molecule has 0 aliphatic rings. The van der Waals surface area contributed by atoms with Gasteiger partial charge in [-0.1, -0.05) is 47.5 Å². The molecule has 0 saturated carbocycles. The monoisotopic (exact) mass is 552 g/mol. The van der Waals surface area contributed by atoms with Crippen LogP contribution in [0.25, 0.3) is 0 Å². The topological polar surface area (TPSA) is 75.7 Å². The van der Waals surface area contributed by atoms with Crippen LogP contribution < -0.4 is 14.4 Å². The van der Waals surface area contributed by atoms with Crippen LogP contribution in [0.2, 0.25) is 10.0 Å². The Bertz CT molecular complexity index is 1240. The van der Waals surface area contributed by atoms with Crippen LogP contribution in [0.3, 0.4) is 0 Å². The predicted molar refractivity (Wildman–Crippen MR) is 144 cm³/mol. The molecular formula is C25H26Cl2N2O4S2. The third-order valence-electron chi connectivity index (χ3n) is 5.03. The summed E-state index contributed by atoms with van der Waals surface area (Å²) in [6.45, 7) is 0.0573. The number of nitrogens with one attached hydrogen (secondary N) is 1. The van der Waals surface area contributed by atoms with E-state index < -0.39 is 15.9 Å². The lowest BCUT2D eigenvalue weighted by Crippen LogP contribution is -2.41. The predicted octanol–water partition coefficient (Wildman–Crippen LogP) is 5.64. The summed E-state index contributed by atoms with van der Waals surface area (Å²) in [5.74, 6) is 1.74. The molecule has 0 unspecified atom stereocenters. The van der Waals surface area contributed by atoms with Gasteiger partial charge in [0, 0.05) is 22.3 Å². The number of methoxy groups -OCH3 is 1. The minimum absolute atomic E-state index is 0.0436. The number of anilines is 1. The highest BCUT2D eigenvalue weighted by Crippen LogP contribution is 2.27. The van der Waals surface area contributed by atoms with Crippen LogP contribution in [0.5, 0.6) is 5.75 Å².